The van der Waals surface area contributed by atoms with Crippen LogP contribution in [0.4, 0.5) is 0 Å². The summed E-state index contributed by atoms with van der Waals surface area (Å²) in [6.45, 7) is 0. The number of nitrogens with zero attached hydrogens (tertiary/aromatic N) is 1. The van der Waals surface area contributed by atoms with E-state index in [-0.39, 0.29) is 11.2 Å². The standard InChI is InChI=1S/C23H20N2O2S/c1-27-21-13-7-2-8-16(21)14-24-25-22(26)15-28-23-19-11-5-3-9-17(19)18-10-4-6-12-20(18)23/h2-14,23H,15H2,1H3,(H,25,26)/b24-14-. The molecule has 4 rings (SSSR count). The number of hydrazone groups is 1. The van der Waals surface area contributed by atoms with E-state index in [0.717, 1.165) is 5.56 Å². The third kappa shape index (κ3) is 3.66. The van der Waals surface area contributed by atoms with Crippen LogP contribution < -0.4 is 10.2 Å². The van der Waals surface area contributed by atoms with Crippen molar-refractivity contribution in [3.8, 4) is 16.9 Å². The Morgan fingerprint density at radius 3 is 2.29 bits per heavy atom. The summed E-state index contributed by atoms with van der Waals surface area (Å²) in [6.07, 6.45) is 1.60. The maximum absolute atomic E-state index is 12.3. The lowest BCUT2D eigenvalue weighted by Crippen LogP contribution is -2.20. The second kappa shape index (κ2) is 8.31. The van der Waals surface area contributed by atoms with Crippen LogP contribution in [0.15, 0.2) is 77.9 Å². The van der Waals surface area contributed by atoms with Crippen LogP contribution in [0.5, 0.6) is 5.75 Å². The van der Waals surface area contributed by atoms with Gasteiger partial charge in [0.15, 0.2) is 0 Å². The molecule has 0 unspecified atom stereocenters. The largest absolute Gasteiger partial charge is 0.496 e. The minimum Gasteiger partial charge on any atom is -0.496 e. The molecule has 1 aliphatic rings. The molecule has 4 nitrogen and oxygen atoms in total. The number of ether oxygens (including phenoxy) is 1. The summed E-state index contributed by atoms with van der Waals surface area (Å²) >= 11 is 1.62. The van der Waals surface area contributed by atoms with Crippen LogP contribution in [0, 0.1) is 0 Å². The van der Waals surface area contributed by atoms with Crippen molar-refractivity contribution in [1.29, 1.82) is 0 Å². The summed E-state index contributed by atoms with van der Waals surface area (Å²) < 4.78 is 5.28. The number of benzene rings is 3. The quantitative estimate of drug-likeness (QED) is 0.494. The van der Waals surface area contributed by atoms with Crippen molar-refractivity contribution in [1.82, 2.24) is 5.43 Å². The zero-order valence-corrected chi connectivity index (χ0v) is 16.3. The number of hydrogen-bond donors (Lipinski definition) is 1. The van der Waals surface area contributed by atoms with Crippen molar-refractivity contribution in [2.24, 2.45) is 5.10 Å². The summed E-state index contributed by atoms with van der Waals surface area (Å²) in [5.41, 5.74) is 8.46. The van der Waals surface area contributed by atoms with Crippen LogP contribution in [0.2, 0.25) is 0 Å². The Labute approximate surface area is 168 Å². The van der Waals surface area contributed by atoms with E-state index in [2.05, 4.69) is 59.1 Å². The molecule has 1 amide bonds. The van der Waals surface area contributed by atoms with E-state index >= 15 is 0 Å². The summed E-state index contributed by atoms with van der Waals surface area (Å²) in [5, 5.41) is 4.23. The second-order valence-corrected chi connectivity index (χ2v) is 7.49. The lowest BCUT2D eigenvalue weighted by Gasteiger charge is -2.12. The van der Waals surface area contributed by atoms with Crippen LogP contribution >= 0.6 is 11.8 Å². The first-order valence-electron chi connectivity index (χ1n) is 9.02. The molecule has 5 heteroatoms. The van der Waals surface area contributed by atoms with Crippen molar-refractivity contribution in [2.45, 2.75) is 5.25 Å². The smallest absolute Gasteiger partial charge is 0.250 e. The Kier molecular flexibility index (Phi) is 5.44. The van der Waals surface area contributed by atoms with Crippen LogP contribution in [0.3, 0.4) is 0 Å². The predicted octanol–water partition coefficient (Wildman–Crippen LogP) is 4.65. The number of amides is 1. The van der Waals surface area contributed by atoms with Gasteiger partial charge in [0.05, 0.1) is 24.3 Å². The normalized spacial score (nSPS) is 12.6. The number of methoxy groups -OCH3 is 1. The molecule has 0 saturated heterocycles. The number of rotatable bonds is 6. The zero-order valence-electron chi connectivity index (χ0n) is 15.5. The molecule has 3 aromatic carbocycles. The van der Waals surface area contributed by atoms with E-state index < -0.39 is 0 Å². The Bertz CT molecular complexity index is 987. The minimum absolute atomic E-state index is 0.127. The maximum atomic E-state index is 12.3. The van der Waals surface area contributed by atoms with Crippen molar-refractivity contribution < 1.29 is 9.53 Å². The molecule has 0 fully saturated rings. The first-order chi connectivity index (χ1) is 13.8. The molecule has 0 bridgehead atoms. The molecular formula is C23H20N2O2S. The summed E-state index contributed by atoms with van der Waals surface area (Å²) in [4.78, 5) is 12.3. The van der Waals surface area contributed by atoms with Gasteiger partial charge in [0, 0.05) is 5.56 Å². The number of hydrogen-bond acceptors (Lipinski definition) is 4. The van der Waals surface area contributed by atoms with Crippen molar-refractivity contribution >= 4 is 23.9 Å². The van der Waals surface area contributed by atoms with Gasteiger partial charge in [-0.3, -0.25) is 4.79 Å². The average Bonchev–Trinajstić information content (AvgIpc) is 3.06. The predicted molar refractivity (Wildman–Crippen MR) is 115 cm³/mol. The maximum Gasteiger partial charge on any atom is 0.250 e. The van der Waals surface area contributed by atoms with Gasteiger partial charge in [-0.05, 0) is 34.4 Å². The van der Waals surface area contributed by atoms with Gasteiger partial charge >= 0.3 is 0 Å². The molecule has 1 N–H and O–H groups in total. The molecule has 0 aliphatic heterocycles. The van der Waals surface area contributed by atoms with Crippen LogP contribution in [-0.4, -0.2) is 25.0 Å². The van der Waals surface area contributed by atoms with E-state index in [9.17, 15) is 4.79 Å². The van der Waals surface area contributed by atoms with Crippen LogP contribution in [0.25, 0.3) is 11.1 Å². The highest BCUT2D eigenvalue weighted by Crippen LogP contribution is 2.49. The Hall–Kier alpha value is -3.05. The van der Waals surface area contributed by atoms with Gasteiger partial charge < -0.3 is 4.74 Å². The second-order valence-electron chi connectivity index (χ2n) is 6.40. The minimum atomic E-state index is -0.127. The van der Waals surface area contributed by atoms with Crippen LogP contribution in [-0.2, 0) is 4.79 Å². The van der Waals surface area contributed by atoms with Crippen LogP contribution in [0.1, 0.15) is 21.9 Å². The molecule has 0 spiro atoms. The zero-order chi connectivity index (χ0) is 19.3. The van der Waals surface area contributed by atoms with Crippen molar-refractivity contribution in [2.75, 3.05) is 12.9 Å². The third-order valence-corrected chi connectivity index (χ3v) is 5.96. The van der Waals surface area contributed by atoms with Gasteiger partial charge in [0.2, 0.25) is 5.91 Å². The van der Waals surface area contributed by atoms with E-state index in [4.69, 9.17) is 4.74 Å². The molecule has 1 aliphatic carbocycles. The number of fused-ring (bicyclic) bond motifs is 3. The summed E-state index contributed by atoms with van der Waals surface area (Å²) in [5.74, 6) is 0.920. The number of carbonyl (C=O) groups excluding carboxylic acids is 1. The monoisotopic (exact) mass is 388 g/mol. The van der Waals surface area contributed by atoms with Gasteiger partial charge in [-0.15, -0.1) is 11.8 Å². The highest BCUT2D eigenvalue weighted by molar-refractivity contribution is 8.00. The Morgan fingerprint density at radius 1 is 1.00 bits per heavy atom. The van der Waals surface area contributed by atoms with Gasteiger partial charge in [-0.25, -0.2) is 5.43 Å². The first-order valence-corrected chi connectivity index (χ1v) is 10.1. The van der Waals surface area contributed by atoms with E-state index in [1.165, 1.54) is 22.3 Å². The van der Waals surface area contributed by atoms with Gasteiger partial charge in [0.1, 0.15) is 5.75 Å². The SMILES string of the molecule is COc1ccccc1/C=N\NC(=O)CSC1c2ccccc2-c2ccccc21. The number of thioether (sulfide) groups is 1. The molecule has 0 heterocycles. The summed E-state index contributed by atoms with van der Waals surface area (Å²) in [6, 6.07) is 24.3. The molecule has 140 valence electrons. The highest BCUT2D eigenvalue weighted by atomic mass is 32.2. The molecule has 3 aromatic rings. The molecular weight excluding hydrogens is 368 g/mol. The number of para-hydroxylation sites is 1. The molecule has 0 aromatic heterocycles. The Morgan fingerprint density at radius 2 is 1.61 bits per heavy atom. The highest BCUT2D eigenvalue weighted by Gasteiger charge is 2.28. The van der Waals surface area contributed by atoms with Gasteiger partial charge in [-0.1, -0.05) is 60.7 Å². The average molecular weight is 388 g/mol. The summed E-state index contributed by atoms with van der Waals surface area (Å²) in [7, 11) is 1.61. The number of nitrogens with one attached hydrogen (secondary N) is 1. The lowest BCUT2D eigenvalue weighted by molar-refractivity contribution is -0.118. The van der Waals surface area contributed by atoms with Gasteiger partial charge in [0.25, 0.3) is 0 Å². The molecule has 0 atom stereocenters. The molecule has 28 heavy (non-hydrogen) atoms. The molecule has 0 radical (unpaired) electrons. The van der Waals surface area contributed by atoms with Crippen molar-refractivity contribution in [3.05, 3.63) is 89.5 Å². The van der Waals surface area contributed by atoms with Gasteiger partial charge in [-0.2, -0.15) is 5.10 Å². The third-order valence-electron chi connectivity index (χ3n) is 4.69. The van der Waals surface area contributed by atoms with E-state index in [1.807, 2.05) is 24.3 Å². The lowest BCUT2D eigenvalue weighted by atomic mass is 10.1. The van der Waals surface area contributed by atoms with E-state index in [0.29, 0.717) is 11.5 Å². The number of carbonyl (C=O) groups is 1. The van der Waals surface area contributed by atoms with E-state index in [1.54, 1.807) is 25.1 Å². The fraction of sp³-hybridized carbons (Fsp3) is 0.130. The van der Waals surface area contributed by atoms with Crippen molar-refractivity contribution in [3.63, 3.8) is 0 Å². The Balaban J connectivity index is 1.41. The fourth-order valence-corrected chi connectivity index (χ4v) is 4.58. The molecule has 0 saturated carbocycles. The fourth-order valence-electron chi connectivity index (χ4n) is 3.43. The first kappa shape index (κ1) is 18.3. The topological polar surface area (TPSA) is 50.7 Å².